The van der Waals surface area contributed by atoms with Crippen molar-refractivity contribution in [3.05, 3.63) is 17.5 Å². The highest BCUT2D eigenvalue weighted by Crippen LogP contribution is 2.16. The van der Waals surface area contributed by atoms with Crippen molar-refractivity contribution in [2.75, 3.05) is 18.1 Å². The molecule has 0 amide bonds. The standard InChI is InChI=1S/C12H23N3OS/c1-5-17(16)7-6-13-8-11-9-15(4)14-12(11)10(2)3/h9-10,13H,5-8H2,1-4H3. The molecule has 1 heterocycles. The minimum absolute atomic E-state index is 0.442. The summed E-state index contributed by atoms with van der Waals surface area (Å²) in [6.45, 7) is 7.86. The van der Waals surface area contributed by atoms with Crippen LogP contribution >= 0.6 is 0 Å². The van der Waals surface area contributed by atoms with Gasteiger partial charge in [0, 0.05) is 54.2 Å². The summed E-state index contributed by atoms with van der Waals surface area (Å²) in [5.74, 6) is 1.91. The van der Waals surface area contributed by atoms with Gasteiger partial charge in [0.05, 0.1) is 5.69 Å². The minimum Gasteiger partial charge on any atom is -0.312 e. The van der Waals surface area contributed by atoms with Crippen LogP contribution in [0.15, 0.2) is 6.20 Å². The summed E-state index contributed by atoms with van der Waals surface area (Å²) in [6, 6.07) is 0. The van der Waals surface area contributed by atoms with E-state index >= 15 is 0 Å². The lowest BCUT2D eigenvalue weighted by Crippen LogP contribution is -2.21. The monoisotopic (exact) mass is 257 g/mol. The Bertz CT molecular complexity index is 374. The third-order valence-corrected chi connectivity index (χ3v) is 3.93. The molecule has 0 spiro atoms. The molecular weight excluding hydrogens is 234 g/mol. The van der Waals surface area contributed by atoms with Gasteiger partial charge in [-0.15, -0.1) is 0 Å². The second-order valence-electron chi connectivity index (χ2n) is 4.48. The van der Waals surface area contributed by atoms with E-state index in [4.69, 9.17) is 0 Å². The molecule has 0 aromatic carbocycles. The summed E-state index contributed by atoms with van der Waals surface area (Å²) < 4.78 is 13.1. The first-order valence-electron chi connectivity index (χ1n) is 6.12. The average Bonchev–Trinajstić information content (AvgIpc) is 2.65. The van der Waals surface area contributed by atoms with Gasteiger partial charge >= 0.3 is 0 Å². The Morgan fingerprint density at radius 2 is 2.24 bits per heavy atom. The molecule has 1 unspecified atom stereocenters. The minimum atomic E-state index is -0.677. The van der Waals surface area contributed by atoms with Gasteiger partial charge in [-0.25, -0.2) is 0 Å². The van der Waals surface area contributed by atoms with Crippen molar-refractivity contribution in [1.82, 2.24) is 15.1 Å². The number of nitrogens with one attached hydrogen (secondary N) is 1. The third kappa shape index (κ3) is 4.60. The molecule has 0 bridgehead atoms. The normalized spacial score (nSPS) is 13.2. The van der Waals surface area contributed by atoms with Crippen LogP contribution in [0.5, 0.6) is 0 Å². The van der Waals surface area contributed by atoms with Gasteiger partial charge in [0.2, 0.25) is 0 Å². The number of aryl methyl sites for hydroxylation is 1. The predicted molar refractivity (Wildman–Crippen MR) is 72.6 cm³/mol. The molecule has 0 radical (unpaired) electrons. The topological polar surface area (TPSA) is 46.9 Å². The Hall–Kier alpha value is -0.680. The van der Waals surface area contributed by atoms with Crippen molar-refractivity contribution in [2.45, 2.75) is 33.2 Å². The molecular formula is C12H23N3OS. The first-order chi connectivity index (χ1) is 8.04. The molecule has 0 aliphatic rings. The van der Waals surface area contributed by atoms with E-state index in [1.165, 1.54) is 5.56 Å². The second kappa shape index (κ2) is 6.91. The first-order valence-corrected chi connectivity index (χ1v) is 7.61. The second-order valence-corrected chi connectivity index (χ2v) is 6.34. The Morgan fingerprint density at radius 1 is 1.53 bits per heavy atom. The van der Waals surface area contributed by atoms with E-state index in [0.717, 1.165) is 30.3 Å². The molecule has 0 aliphatic heterocycles. The smallest absolute Gasteiger partial charge is 0.0694 e. The number of aromatic nitrogens is 2. The van der Waals surface area contributed by atoms with Crippen LogP contribution < -0.4 is 5.32 Å². The van der Waals surface area contributed by atoms with Crippen LogP contribution in [-0.4, -0.2) is 32.0 Å². The lowest BCUT2D eigenvalue weighted by molar-refractivity contribution is 0.671. The summed E-state index contributed by atoms with van der Waals surface area (Å²) in [4.78, 5) is 0. The molecule has 98 valence electrons. The highest BCUT2D eigenvalue weighted by atomic mass is 32.2. The molecule has 5 heteroatoms. The fourth-order valence-corrected chi connectivity index (χ4v) is 2.39. The fraction of sp³-hybridized carbons (Fsp3) is 0.750. The first kappa shape index (κ1) is 14.4. The van der Waals surface area contributed by atoms with Crippen molar-refractivity contribution in [2.24, 2.45) is 7.05 Å². The maximum atomic E-state index is 11.3. The van der Waals surface area contributed by atoms with Crippen LogP contribution in [-0.2, 0) is 24.4 Å². The fourth-order valence-electron chi connectivity index (χ4n) is 1.73. The zero-order valence-electron chi connectivity index (χ0n) is 11.2. The molecule has 4 nitrogen and oxygen atoms in total. The van der Waals surface area contributed by atoms with Crippen molar-refractivity contribution < 1.29 is 4.21 Å². The van der Waals surface area contributed by atoms with Gasteiger partial charge in [0.15, 0.2) is 0 Å². The predicted octanol–water partition coefficient (Wildman–Crippen LogP) is 1.40. The number of hydrogen-bond donors (Lipinski definition) is 1. The van der Waals surface area contributed by atoms with E-state index in [9.17, 15) is 4.21 Å². The van der Waals surface area contributed by atoms with Gasteiger partial charge in [-0.3, -0.25) is 8.89 Å². The van der Waals surface area contributed by atoms with Gasteiger partial charge < -0.3 is 5.32 Å². The maximum absolute atomic E-state index is 11.3. The van der Waals surface area contributed by atoms with Crippen LogP contribution in [0.3, 0.4) is 0 Å². The Labute approximate surface area is 106 Å². The van der Waals surface area contributed by atoms with Crippen LogP contribution in [0.1, 0.15) is 37.9 Å². The van der Waals surface area contributed by atoms with Crippen LogP contribution in [0, 0.1) is 0 Å². The maximum Gasteiger partial charge on any atom is 0.0694 e. The van der Waals surface area contributed by atoms with Crippen molar-refractivity contribution in [3.63, 3.8) is 0 Å². The van der Waals surface area contributed by atoms with Crippen molar-refractivity contribution >= 4 is 10.8 Å². The summed E-state index contributed by atoms with van der Waals surface area (Å²) in [5.41, 5.74) is 2.39. The van der Waals surface area contributed by atoms with Gasteiger partial charge in [0.1, 0.15) is 0 Å². The number of rotatable bonds is 7. The van der Waals surface area contributed by atoms with Crippen molar-refractivity contribution in [3.8, 4) is 0 Å². The Morgan fingerprint density at radius 3 is 2.82 bits per heavy atom. The van der Waals surface area contributed by atoms with E-state index < -0.39 is 10.8 Å². The zero-order chi connectivity index (χ0) is 12.8. The molecule has 0 saturated heterocycles. The van der Waals surface area contributed by atoms with E-state index in [1.54, 1.807) is 0 Å². The van der Waals surface area contributed by atoms with E-state index in [0.29, 0.717) is 5.92 Å². The van der Waals surface area contributed by atoms with Gasteiger partial charge in [-0.05, 0) is 5.92 Å². The Balaban J connectivity index is 2.43. The SMILES string of the molecule is CCS(=O)CCNCc1cn(C)nc1C(C)C. The van der Waals surface area contributed by atoms with Crippen LogP contribution in [0.25, 0.3) is 0 Å². The summed E-state index contributed by atoms with van der Waals surface area (Å²) >= 11 is 0. The molecule has 1 aromatic heterocycles. The molecule has 0 saturated carbocycles. The quantitative estimate of drug-likeness (QED) is 0.751. The summed E-state index contributed by atoms with van der Waals surface area (Å²) in [6.07, 6.45) is 2.05. The molecule has 0 aliphatic carbocycles. The van der Waals surface area contributed by atoms with E-state index in [1.807, 2.05) is 18.7 Å². The third-order valence-electron chi connectivity index (χ3n) is 2.63. The number of hydrogen-bond acceptors (Lipinski definition) is 3. The van der Waals surface area contributed by atoms with Gasteiger partial charge in [-0.1, -0.05) is 20.8 Å². The zero-order valence-corrected chi connectivity index (χ0v) is 12.0. The van der Waals surface area contributed by atoms with Gasteiger partial charge in [-0.2, -0.15) is 5.10 Å². The lowest BCUT2D eigenvalue weighted by atomic mass is 10.1. The van der Waals surface area contributed by atoms with Gasteiger partial charge in [0.25, 0.3) is 0 Å². The van der Waals surface area contributed by atoms with Crippen LogP contribution in [0.2, 0.25) is 0 Å². The largest absolute Gasteiger partial charge is 0.312 e. The number of nitrogens with zero attached hydrogens (tertiary/aromatic N) is 2. The summed E-state index contributed by atoms with van der Waals surface area (Å²) in [7, 11) is 1.27. The summed E-state index contributed by atoms with van der Waals surface area (Å²) in [5, 5.41) is 7.79. The van der Waals surface area contributed by atoms with E-state index in [2.05, 4.69) is 30.5 Å². The lowest BCUT2D eigenvalue weighted by Gasteiger charge is -2.06. The molecule has 1 N–H and O–H groups in total. The van der Waals surface area contributed by atoms with Crippen LogP contribution in [0.4, 0.5) is 0 Å². The molecule has 1 aromatic rings. The highest BCUT2D eigenvalue weighted by molar-refractivity contribution is 7.84. The molecule has 0 fully saturated rings. The molecule has 1 atom stereocenters. The average molecular weight is 257 g/mol. The van der Waals surface area contributed by atoms with E-state index in [-0.39, 0.29) is 0 Å². The van der Waals surface area contributed by atoms with Crippen molar-refractivity contribution in [1.29, 1.82) is 0 Å². The highest BCUT2D eigenvalue weighted by Gasteiger charge is 2.10. The molecule has 17 heavy (non-hydrogen) atoms. The molecule has 1 rings (SSSR count). The Kier molecular flexibility index (Phi) is 5.85.